The van der Waals surface area contributed by atoms with Crippen molar-refractivity contribution in [3.8, 4) is 0 Å². The molecule has 6 atom stereocenters. The minimum atomic E-state index is -4.94. The fourth-order valence-electron chi connectivity index (χ4n) is 9.68. The molecule has 3 N–H and O–H groups in total. The molecule has 0 bridgehead atoms. The van der Waals surface area contributed by atoms with Crippen LogP contribution in [0.1, 0.15) is 324 Å². The largest absolute Gasteiger partial charge is 0.472 e. The monoisotopic (exact) mass is 1240 g/mol. The SMILES string of the molecule is CCCCCCCCCCC(=O)O[C@H](COC(=O)CCCCCCC)COP(=O)(O)OC[C@H](O)COP(=O)(O)OC[C@@H](COC(=O)CCCCCCCCCCCCC(C)C)OC(=O)CCCCCCCCCCCCCCCCC(C)CC. The molecule has 3 unspecified atom stereocenters. The summed E-state index contributed by atoms with van der Waals surface area (Å²) in [6.45, 7) is 9.44. The second-order valence-electron chi connectivity index (χ2n) is 24.2. The summed E-state index contributed by atoms with van der Waals surface area (Å²) in [5, 5.41) is 10.5. The van der Waals surface area contributed by atoms with Gasteiger partial charge < -0.3 is 33.8 Å². The molecule has 0 radical (unpaired) electrons. The summed E-state index contributed by atoms with van der Waals surface area (Å²) in [6.07, 6.45) is 40.7. The fraction of sp³-hybridized carbons (Fsp3) is 0.938. The Bertz CT molecular complexity index is 1650. The van der Waals surface area contributed by atoms with Crippen LogP contribution in [-0.4, -0.2) is 96.7 Å². The first kappa shape index (κ1) is 82.1. The molecule has 0 saturated carbocycles. The van der Waals surface area contributed by atoms with Gasteiger partial charge in [0, 0.05) is 25.7 Å². The molecule has 84 heavy (non-hydrogen) atoms. The summed E-state index contributed by atoms with van der Waals surface area (Å²) in [5.74, 6) is -0.541. The second kappa shape index (κ2) is 57.5. The van der Waals surface area contributed by atoms with Gasteiger partial charge in [0.2, 0.25) is 0 Å². The molecule has 498 valence electrons. The molecule has 0 aliphatic heterocycles. The van der Waals surface area contributed by atoms with Gasteiger partial charge >= 0.3 is 39.5 Å². The van der Waals surface area contributed by atoms with Gasteiger partial charge in [0.25, 0.3) is 0 Å². The van der Waals surface area contributed by atoms with E-state index in [2.05, 4.69) is 41.5 Å². The Morgan fingerprint density at radius 2 is 0.607 bits per heavy atom. The number of hydrogen-bond acceptors (Lipinski definition) is 15. The molecular formula is C65H126O17P2. The normalized spacial score (nSPS) is 14.6. The van der Waals surface area contributed by atoms with Gasteiger partial charge in [-0.1, -0.05) is 273 Å². The summed E-state index contributed by atoms with van der Waals surface area (Å²) >= 11 is 0. The summed E-state index contributed by atoms with van der Waals surface area (Å²) in [5.41, 5.74) is 0. The molecule has 0 aromatic heterocycles. The molecule has 0 heterocycles. The van der Waals surface area contributed by atoms with E-state index in [-0.39, 0.29) is 25.7 Å². The quantitative estimate of drug-likeness (QED) is 0.0222. The predicted octanol–water partition coefficient (Wildman–Crippen LogP) is 18.0. The first-order chi connectivity index (χ1) is 40.4. The van der Waals surface area contributed by atoms with E-state index >= 15 is 0 Å². The summed E-state index contributed by atoms with van der Waals surface area (Å²) in [7, 11) is -9.88. The van der Waals surface area contributed by atoms with Crippen molar-refractivity contribution < 1.29 is 80.2 Å². The van der Waals surface area contributed by atoms with Gasteiger partial charge in [0.05, 0.1) is 26.4 Å². The number of esters is 4. The lowest BCUT2D eigenvalue weighted by Crippen LogP contribution is -2.30. The molecule has 0 aromatic rings. The van der Waals surface area contributed by atoms with E-state index < -0.39 is 97.5 Å². The molecule has 0 aromatic carbocycles. The number of hydrogen-bond donors (Lipinski definition) is 3. The van der Waals surface area contributed by atoms with Crippen molar-refractivity contribution in [2.75, 3.05) is 39.6 Å². The number of carbonyl (C=O) groups excluding carboxylic acids is 4. The maximum absolute atomic E-state index is 13.0. The lowest BCUT2D eigenvalue weighted by molar-refractivity contribution is -0.161. The van der Waals surface area contributed by atoms with Crippen LogP contribution < -0.4 is 0 Å². The Kier molecular flexibility index (Phi) is 56.2. The van der Waals surface area contributed by atoms with Crippen molar-refractivity contribution in [2.45, 2.75) is 342 Å². The van der Waals surface area contributed by atoms with Gasteiger partial charge in [0.1, 0.15) is 19.3 Å². The highest BCUT2D eigenvalue weighted by Crippen LogP contribution is 2.45. The first-order valence-corrected chi connectivity index (χ1v) is 37.0. The lowest BCUT2D eigenvalue weighted by Gasteiger charge is -2.21. The molecule has 0 spiro atoms. The van der Waals surface area contributed by atoms with Crippen LogP contribution in [0, 0.1) is 11.8 Å². The van der Waals surface area contributed by atoms with Gasteiger partial charge in [-0.3, -0.25) is 37.3 Å². The highest BCUT2D eigenvalue weighted by molar-refractivity contribution is 7.47. The molecule has 19 heteroatoms. The molecule has 0 saturated heterocycles. The third-order valence-electron chi connectivity index (χ3n) is 15.3. The van der Waals surface area contributed by atoms with E-state index in [1.807, 2.05) is 0 Å². The maximum Gasteiger partial charge on any atom is 0.472 e. The van der Waals surface area contributed by atoms with Crippen LogP contribution in [0.25, 0.3) is 0 Å². The van der Waals surface area contributed by atoms with Crippen molar-refractivity contribution in [3.63, 3.8) is 0 Å². The fourth-order valence-corrected chi connectivity index (χ4v) is 11.3. The van der Waals surface area contributed by atoms with E-state index in [1.165, 1.54) is 128 Å². The Labute approximate surface area is 511 Å². The Hall–Kier alpha value is -1.94. The van der Waals surface area contributed by atoms with Crippen LogP contribution in [0.3, 0.4) is 0 Å². The number of aliphatic hydroxyl groups is 1. The van der Waals surface area contributed by atoms with Gasteiger partial charge in [-0.15, -0.1) is 0 Å². The van der Waals surface area contributed by atoms with Gasteiger partial charge in [-0.05, 0) is 37.5 Å². The van der Waals surface area contributed by atoms with Crippen molar-refractivity contribution in [1.82, 2.24) is 0 Å². The zero-order valence-corrected chi connectivity index (χ0v) is 56.0. The van der Waals surface area contributed by atoms with Crippen LogP contribution in [0.4, 0.5) is 0 Å². The van der Waals surface area contributed by atoms with Crippen molar-refractivity contribution >= 4 is 39.5 Å². The number of rotatable bonds is 64. The second-order valence-corrected chi connectivity index (χ2v) is 27.1. The molecule has 0 aliphatic rings. The number of aliphatic hydroxyl groups excluding tert-OH is 1. The molecule has 0 rings (SSSR count). The molecule has 0 fully saturated rings. The van der Waals surface area contributed by atoms with Gasteiger partial charge in [0.15, 0.2) is 12.2 Å². The Morgan fingerprint density at radius 3 is 0.905 bits per heavy atom. The van der Waals surface area contributed by atoms with Crippen molar-refractivity contribution in [3.05, 3.63) is 0 Å². The number of phosphoric acid groups is 2. The summed E-state index contributed by atoms with van der Waals surface area (Å²) in [6, 6.07) is 0. The van der Waals surface area contributed by atoms with Crippen LogP contribution in [0.2, 0.25) is 0 Å². The summed E-state index contributed by atoms with van der Waals surface area (Å²) in [4.78, 5) is 71.9. The van der Waals surface area contributed by atoms with E-state index in [1.54, 1.807) is 0 Å². The highest BCUT2D eigenvalue weighted by Gasteiger charge is 2.30. The molecular weight excluding hydrogens is 1110 g/mol. The third kappa shape index (κ3) is 57.8. The third-order valence-corrected chi connectivity index (χ3v) is 17.2. The van der Waals surface area contributed by atoms with E-state index in [4.69, 9.17) is 37.0 Å². The zero-order valence-electron chi connectivity index (χ0n) is 54.2. The van der Waals surface area contributed by atoms with Crippen LogP contribution in [-0.2, 0) is 65.4 Å². The van der Waals surface area contributed by atoms with Gasteiger partial charge in [-0.25, -0.2) is 9.13 Å². The number of carbonyl (C=O) groups is 4. The van der Waals surface area contributed by atoms with Crippen LogP contribution in [0.15, 0.2) is 0 Å². The number of unbranched alkanes of at least 4 members (excludes halogenated alkanes) is 33. The molecule has 17 nitrogen and oxygen atoms in total. The Balaban J connectivity index is 5.14. The zero-order chi connectivity index (χ0) is 62.2. The lowest BCUT2D eigenvalue weighted by atomic mass is 9.99. The smallest absolute Gasteiger partial charge is 0.462 e. The maximum atomic E-state index is 13.0. The Morgan fingerprint density at radius 1 is 0.345 bits per heavy atom. The van der Waals surface area contributed by atoms with E-state index in [9.17, 15) is 43.2 Å². The van der Waals surface area contributed by atoms with E-state index in [0.717, 1.165) is 115 Å². The van der Waals surface area contributed by atoms with Crippen molar-refractivity contribution in [1.29, 1.82) is 0 Å². The van der Waals surface area contributed by atoms with Crippen molar-refractivity contribution in [2.24, 2.45) is 11.8 Å². The van der Waals surface area contributed by atoms with Gasteiger partial charge in [-0.2, -0.15) is 0 Å². The standard InChI is InChI=1S/C65H126O17P2/c1-7-10-12-14-15-30-37-43-49-64(69)81-60(53-75-62(67)47-41-33-13-11-8-2)55-79-83(71,72)77-51-59(66)52-78-84(73,74)80-56-61(54-76-63(68)48-42-36-31-26-23-22-24-28-34-39-45-57(4)5)82-65(70)50-44-38-32-27-21-19-17-16-18-20-25-29-35-40-46-58(6)9-3/h57-61,66H,7-56H2,1-6H3,(H,71,72)(H,73,74)/t58?,59-,60+,61+/m0/s1. The molecule has 0 aliphatic carbocycles. The van der Waals surface area contributed by atoms with E-state index in [0.29, 0.717) is 25.7 Å². The predicted molar refractivity (Wildman–Crippen MR) is 335 cm³/mol. The average molecular weight is 1240 g/mol. The minimum absolute atomic E-state index is 0.104. The number of ether oxygens (including phenoxy) is 4. The van der Waals surface area contributed by atoms with Crippen LogP contribution >= 0.6 is 15.6 Å². The highest BCUT2D eigenvalue weighted by atomic mass is 31.2. The average Bonchev–Trinajstić information content (AvgIpc) is 3.60. The van der Waals surface area contributed by atoms with Crippen LogP contribution in [0.5, 0.6) is 0 Å². The summed E-state index contributed by atoms with van der Waals surface area (Å²) < 4.78 is 67.8. The topological polar surface area (TPSA) is 237 Å². The minimum Gasteiger partial charge on any atom is -0.462 e. The first-order valence-electron chi connectivity index (χ1n) is 34.0. The molecule has 0 amide bonds. The number of phosphoric ester groups is 2.